The number of rotatable bonds is 4. The Kier molecular flexibility index (Phi) is 5.70. The van der Waals surface area contributed by atoms with Crippen molar-refractivity contribution >= 4 is 27.7 Å². The van der Waals surface area contributed by atoms with Crippen LogP contribution in [0.3, 0.4) is 0 Å². The third-order valence-electron chi connectivity index (χ3n) is 5.19. The SMILES string of the molecule is CN(C)S(=O)(=O)c1ccc2c(c1)CCN2C(=O)/C=C/c1ccc(C(C)(C)C)cc1. The first-order valence-corrected chi connectivity index (χ1v) is 11.1. The van der Waals surface area contributed by atoms with Crippen LogP contribution in [0.4, 0.5) is 5.69 Å². The summed E-state index contributed by atoms with van der Waals surface area (Å²) in [4.78, 5) is 14.7. The van der Waals surface area contributed by atoms with Crippen molar-refractivity contribution in [3.05, 3.63) is 65.2 Å². The summed E-state index contributed by atoms with van der Waals surface area (Å²) >= 11 is 0. The maximum absolute atomic E-state index is 12.7. The normalized spacial score (nSPS) is 14.6. The Morgan fingerprint density at radius 3 is 2.31 bits per heavy atom. The Bertz CT molecular complexity index is 1050. The van der Waals surface area contributed by atoms with Gasteiger partial charge in [0.05, 0.1) is 4.90 Å². The van der Waals surface area contributed by atoms with E-state index in [1.807, 2.05) is 18.2 Å². The van der Waals surface area contributed by atoms with Gasteiger partial charge in [0.1, 0.15) is 0 Å². The molecule has 0 spiro atoms. The fourth-order valence-electron chi connectivity index (χ4n) is 3.33. The monoisotopic (exact) mass is 412 g/mol. The largest absolute Gasteiger partial charge is 0.308 e. The first-order valence-electron chi connectivity index (χ1n) is 9.66. The Morgan fingerprint density at radius 2 is 1.72 bits per heavy atom. The van der Waals surface area contributed by atoms with Crippen LogP contribution in [-0.4, -0.2) is 39.3 Å². The van der Waals surface area contributed by atoms with E-state index in [0.717, 1.165) is 16.8 Å². The molecular formula is C23H28N2O3S. The minimum atomic E-state index is -3.48. The molecule has 0 saturated heterocycles. The van der Waals surface area contributed by atoms with Crippen molar-refractivity contribution in [2.24, 2.45) is 0 Å². The molecule has 2 aromatic carbocycles. The van der Waals surface area contributed by atoms with Crippen LogP contribution in [0.2, 0.25) is 0 Å². The van der Waals surface area contributed by atoms with E-state index >= 15 is 0 Å². The maximum Gasteiger partial charge on any atom is 0.251 e. The summed E-state index contributed by atoms with van der Waals surface area (Å²) in [5, 5.41) is 0. The van der Waals surface area contributed by atoms with Crippen LogP contribution < -0.4 is 4.90 Å². The van der Waals surface area contributed by atoms with Gasteiger partial charge in [0.15, 0.2) is 0 Å². The second-order valence-electron chi connectivity index (χ2n) is 8.52. The first-order chi connectivity index (χ1) is 13.5. The smallest absolute Gasteiger partial charge is 0.251 e. The van der Waals surface area contributed by atoms with Gasteiger partial charge in [-0.15, -0.1) is 0 Å². The molecule has 0 aliphatic carbocycles. The van der Waals surface area contributed by atoms with Crippen LogP contribution in [0, 0.1) is 0 Å². The van der Waals surface area contributed by atoms with Crippen molar-refractivity contribution in [1.29, 1.82) is 0 Å². The van der Waals surface area contributed by atoms with E-state index in [2.05, 4.69) is 32.9 Å². The van der Waals surface area contributed by atoms with Gasteiger partial charge < -0.3 is 4.90 Å². The average molecular weight is 413 g/mol. The highest BCUT2D eigenvalue weighted by atomic mass is 32.2. The Balaban J connectivity index is 1.77. The predicted octanol–water partition coefficient (Wildman–Crippen LogP) is 3.84. The molecule has 0 aromatic heterocycles. The van der Waals surface area contributed by atoms with E-state index in [4.69, 9.17) is 0 Å². The number of amides is 1. The van der Waals surface area contributed by atoms with Crippen molar-refractivity contribution in [3.8, 4) is 0 Å². The minimum absolute atomic E-state index is 0.0935. The van der Waals surface area contributed by atoms with Gasteiger partial charge >= 0.3 is 0 Å². The Hall–Kier alpha value is -2.44. The zero-order valence-corrected chi connectivity index (χ0v) is 18.5. The lowest BCUT2D eigenvalue weighted by Crippen LogP contribution is -2.27. The molecule has 5 nitrogen and oxygen atoms in total. The highest BCUT2D eigenvalue weighted by molar-refractivity contribution is 7.89. The highest BCUT2D eigenvalue weighted by Crippen LogP contribution is 2.31. The molecule has 0 fully saturated rings. The number of carbonyl (C=O) groups excluding carboxylic acids is 1. The van der Waals surface area contributed by atoms with E-state index in [1.54, 1.807) is 29.2 Å². The lowest BCUT2D eigenvalue weighted by Gasteiger charge is -2.18. The lowest BCUT2D eigenvalue weighted by atomic mass is 9.87. The molecule has 0 saturated carbocycles. The zero-order chi connectivity index (χ0) is 21.4. The number of carbonyl (C=O) groups is 1. The average Bonchev–Trinajstić information content (AvgIpc) is 3.09. The number of hydrogen-bond donors (Lipinski definition) is 0. The summed E-state index contributed by atoms with van der Waals surface area (Å²) in [5.74, 6) is -0.105. The van der Waals surface area contributed by atoms with Crippen LogP contribution in [0.1, 0.15) is 37.5 Å². The molecule has 1 heterocycles. The van der Waals surface area contributed by atoms with Crippen LogP contribution in [0.15, 0.2) is 53.4 Å². The van der Waals surface area contributed by atoms with Gasteiger partial charge in [0.2, 0.25) is 10.0 Å². The lowest BCUT2D eigenvalue weighted by molar-refractivity contribution is -0.114. The fraction of sp³-hybridized carbons (Fsp3) is 0.348. The maximum atomic E-state index is 12.7. The van der Waals surface area contributed by atoms with Crippen molar-refractivity contribution in [2.75, 3.05) is 25.5 Å². The Labute approximate surface area is 173 Å². The second kappa shape index (κ2) is 7.76. The summed E-state index contributed by atoms with van der Waals surface area (Å²) in [6, 6.07) is 13.2. The first kappa shape index (κ1) is 21.3. The Morgan fingerprint density at radius 1 is 1.07 bits per heavy atom. The van der Waals surface area contributed by atoms with Crippen LogP contribution >= 0.6 is 0 Å². The van der Waals surface area contributed by atoms with Gasteiger partial charge in [-0.1, -0.05) is 45.0 Å². The fourth-order valence-corrected chi connectivity index (χ4v) is 4.28. The van der Waals surface area contributed by atoms with E-state index in [0.29, 0.717) is 13.0 Å². The van der Waals surface area contributed by atoms with Crippen molar-refractivity contribution in [1.82, 2.24) is 4.31 Å². The van der Waals surface area contributed by atoms with Gasteiger partial charge in [-0.25, -0.2) is 12.7 Å². The van der Waals surface area contributed by atoms with E-state index in [9.17, 15) is 13.2 Å². The molecule has 1 aliphatic heterocycles. The third kappa shape index (κ3) is 4.43. The molecule has 3 rings (SSSR count). The van der Waals surface area contributed by atoms with Crippen molar-refractivity contribution in [3.63, 3.8) is 0 Å². The van der Waals surface area contributed by atoms with Gasteiger partial charge in [-0.2, -0.15) is 0 Å². The topological polar surface area (TPSA) is 57.7 Å². The molecule has 1 aliphatic rings. The molecule has 0 N–H and O–H groups in total. The van der Waals surface area contributed by atoms with E-state index in [-0.39, 0.29) is 16.2 Å². The number of anilines is 1. The number of benzene rings is 2. The van der Waals surface area contributed by atoms with E-state index < -0.39 is 10.0 Å². The molecule has 0 unspecified atom stereocenters. The molecule has 0 radical (unpaired) electrons. The van der Waals surface area contributed by atoms with Crippen molar-refractivity contribution in [2.45, 2.75) is 37.5 Å². The molecular weight excluding hydrogens is 384 g/mol. The molecule has 0 atom stereocenters. The number of fused-ring (bicyclic) bond motifs is 1. The number of hydrogen-bond acceptors (Lipinski definition) is 3. The molecule has 154 valence electrons. The van der Waals surface area contributed by atoms with Crippen LogP contribution in [0.25, 0.3) is 6.08 Å². The summed E-state index contributed by atoms with van der Waals surface area (Å²) in [6.45, 7) is 7.05. The summed E-state index contributed by atoms with van der Waals surface area (Å²) in [5.41, 5.74) is 3.97. The van der Waals surface area contributed by atoms with Crippen molar-refractivity contribution < 1.29 is 13.2 Å². The number of sulfonamides is 1. The molecule has 6 heteroatoms. The summed E-state index contributed by atoms with van der Waals surface area (Å²) in [7, 11) is -0.458. The standard InChI is InChI=1S/C23H28N2O3S/c1-23(2,3)19-9-6-17(7-10-19)8-13-22(26)25-15-14-18-16-20(11-12-21(18)25)29(27,28)24(4)5/h6-13,16H,14-15H2,1-5H3/b13-8+. The third-order valence-corrected chi connectivity index (χ3v) is 7.00. The minimum Gasteiger partial charge on any atom is -0.308 e. The van der Waals surface area contributed by atoms with Gasteiger partial charge in [0, 0.05) is 32.4 Å². The van der Waals surface area contributed by atoms with Crippen LogP contribution in [0.5, 0.6) is 0 Å². The summed E-state index contributed by atoms with van der Waals surface area (Å²) < 4.78 is 25.8. The number of nitrogens with zero attached hydrogens (tertiary/aromatic N) is 2. The molecule has 0 bridgehead atoms. The molecule has 2 aromatic rings. The highest BCUT2D eigenvalue weighted by Gasteiger charge is 2.26. The summed E-state index contributed by atoms with van der Waals surface area (Å²) in [6.07, 6.45) is 4.04. The molecule has 29 heavy (non-hydrogen) atoms. The van der Waals surface area contributed by atoms with Crippen LogP contribution in [-0.2, 0) is 26.7 Å². The van der Waals surface area contributed by atoms with Gasteiger partial charge in [0.25, 0.3) is 5.91 Å². The quantitative estimate of drug-likeness (QED) is 0.717. The second-order valence-corrected chi connectivity index (χ2v) is 10.7. The zero-order valence-electron chi connectivity index (χ0n) is 17.6. The van der Waals surface area contributed by atoms with E-state index in [1.165, 1.54) is 24.0 Å². The predicted molar refractivity (Wildman–Crippen MR) is 118 cm³/mol. The van der Waals surface area contributed by atoms with Gasteiger partial charge in [-0.3, -0.25) is 4.79 Å². The molecule has 1 amide bonds. The van der Waals surface area contributed by atoms with Gasteiger partial charge in [-0.05, 0) is 52.8 Å².